The van der Waals surface area contributed by atoms with E-state index in [1.165, 1.54) is 20.3 Å². The first-order valence-electron chi connectivity index (χ1n) is 8.97. The maximum Gasteiger partial charge on any atom is 0.337 e. The topological polar surface area (TPSA) is 164 Å². The van der Waals surface area contributed by atoms with Crippen LogP contribution in [0.1, 0.15) is 13.3 Å². The van der Waals surface area contributed by atoms with Gasteiger partial charge in [0.15, 0.2) is 12.1 Å². The Kier molecular flexibility index (Phi) is 6.27. The van der Waals surface area contributed by atoms with Crippen molar-refractivity contribution in [3.63, 3.8) is 0 Å². The van der Waals surface area contributed by atoms with Gasteiger partial charge in [-0.3, -0.25) is 0 Å². The fourth-order valence-corrected chi connectivity index (χ4v) is 3.89. The van der Waals surface area contributed by atoms with Crippen LogP contribution in [0.4, 0.5) is 0 Å². The summed E-state index contributed by atoms with van der Waals surface area (Å²) >= 11 is 0. The molecule has 0 radical (unpaired) electrons. The number of ether oxygens (including phenoxy) is 5. The van der Waals surface area contributed by atoms with E-state index in [0.717, 1.165) is 0 Å². The molecule has 9 atom stereocenters. The molecule has 0 saturated carbocycles. The SMILES string of the molecule is COC(=O)C1=CO[C@@H](O[C@@H]2O[C@H](CO)[C@@H](O)[C@H](O)[C@H]2O)[C@@H]2[C@@H]1CCO[C@]2(C)O. The minimum atomic E-state index is -1.73. The molecule has 0 aromatic carbocycles. The maximum atomic E-state index is 12.1. The maximum absolute atomic E-state index is 12.1. The van der Waals surface area contributed by atoms with Gasteiger partial charge in [-0.15, -0.1) is 0 Å². The Morgan fingerprint density at radius 1 is 1.25 bits per heavy atom. The fourth-order valence-electron chi connectivity index (χ4n) is 3.89. The molecule has 0 unspecified atom stereocenters. The number of esters is 1. The number of hydrogen-bond acceptors (Lipinski definition) is 11. The zero-order valence-electron chi connectivity index (χ0n) is 15.5. The van der Waals surface area contributed by atoms with Crippen molar-refractivity contribution >= 4 is 5.97 Å². The Labute approximate surface area is 161 Å². The van der Waals surface area contributed by atoms with Crippen molar-refractivity contribution in [2.45, 2.75) is 56.1 Å². The average Bonchev–Trinajstić information content (AvgIpc) is 2.67. The summed E-state index contributed by atoms with van der Waals surface area (Å²) in [5.74, 6) is -3.73. The van der Waals surface area contributed by atoms with Crippen molar-refractivity contribution in [2.24, 2.45) is 11.8 Å². The quantitative estimate of drug-likeness (QED) is 0.315. The van der Waals surface area contributed by atoms with Crippen LogP contribution in [-0.4, -0.2) is 94.6 Å². The van der Waals surface area contributed by atoms with Gasteiger partial charge in [0.1, 0.15) is 24.4 Å². The van der Waals surface area contributed by atoms with Gasteiger partial charge in [-0.1, -0.05) is 0 Å². The summed E-state index contributed by atoms with van der Waals surface area (Å²) in [7, 11) is 1.23. The molecule has 3 aliphatic heterocycles. The molecule has 28 heavy (non-hydrogen) atoms. The lowest BCUT2D eigenvalue weighted by Crippen LogP contribution is -2.62. The molecule has 0 aromatic rings. The van der Waals surface area contributed by atoms with Crippen LogP contribution in [0.25, 0.3) is 0 Å². The summed E-state index contributed by atoms with van der Waals surface area (Å²) in [6, 6.07) is 0. The van der Waals surface area contributed by atoms with Gasteiger partial charge < -0.3 is 49.2 Å². The van der Waals surface area contributed by atoms with Crippen LogP contribution in [0.2, 0.25) is 0 Å². The third kappa shape index (κ3) is 3.76. The van der Waals surface area contributed by atoms with Gasteiger partial charge in [0.05, 0.1) is 38.1 Å². The molecule has 2 fully saturated rings. The largest absolute Gasteiger partial charge is 0.471 e. The Bertz CT molecular complexity index is 604. The number of aliphatic hydroxyl groups excluding tert-OH is 4. The first-order chi connectivity index (χ1) is 13.2. The van der Waals surface area contributed by atoms with E-state index in [1.807, 2.05) is 0 Å². The summed E-state index contributed by atoms with van der Waals surface area (Å²) in [5.41, 5.74) is 0.213. The smallest absolute Gasteiger partial charge is 0.337 e. The molecular weight excluding hydrogens is 380 g/mol. The van der Waals surface area contributed by atoms with Crippen molar-refractivity contribution < 1.29 is 54.0 Å². The van der Waals surface area contributed by atoms with E-state index in [1.54, 1.807) is 0 Å². The van der Waals surface area contributed by atoms with E-state index >= 15 is 0 Å². The number of hydrogen-bond donors (Lipinski definition) is 5. The van der Waals surface area contributed by atoms with Gasteiger partial charge >= 0.3 is 5.97 Å². The molecule has 11 heteroatoms. The minimum absolute atomic E-state index is 0.190. The van der Waals surface area contributed by atoms with E-state index in [0.29, 0.717) is 6.42 Å². The first-order valence-corrected chi connectivity index (χ1v) is 8.97. The standard InChI is InChI=1S/C17H26O11/c1-17(23)10-7(3-4-26-17)8(14(22)24-2)6-25-15(10)28-16-13(21)12(20)11(19)9(5-18)27-16/h6-7,9-13,15-16,18-21,23H,3-5H2,1-2H3/t7-,9-,10+,11-,12+,13-,15+,16+,17+/m1/s1. The van der Waals surface area contributed by atoms with Crippen molar-refractivity contribution in [3.05, 3.63) is 11.8 Å². The van der Waals surface area contributed by atoms with Crippen molar-refractivity contribution in [1.82, 2.24) is 0 Å². The molecule has 3 heterocycles. The van der Waals surface area contributed by atoms with Crippen molar-refractivity contribution in [3.8, 4) is 0 Å². The number of fused-ring (bicyclic) bond motifs is 1. The Balaban J connectivity index is 1.84. The number of carbonyl (C=O) groups is 1. The van der Waals surface area contributed by atoms with Gasteiger partial charge in [0.2, 0.25) is 6.29 Å². The summed E-state index contributed by atoms with van der Waals surface area (Å²) in [6.45, 7) is 0.974. The van der Waals surface area contributed by atoms with Gasteiger partial charge in [0.25, 0.3) is 0 Å². The van der Waals surface area contributed by atoms with Gasteiger partial charge in [0, 0.05) is 5.92 Å². The second-order valence-electron chi connectivity index (χ2n) is 7.23. The number of methoxy groups -OCH3 is 1. The van der Waals surface area contributed by atoms with Crippen LogP contribution in [0.3, 0.4) is 0 Å². The number of rotatable bonds is 4. The van der Waals surface area contributed by atoms with E-state index in [9.17, 15) is 30.3 Å². The molecule has 2 saturated heterocycles. The zero-order chi connectivity index (χ0) is 20.6. The molecule has 0 bridgehead atoms. The third-order valence-electron chi connectivity index (χ3n) is 5.43. The van der Waals surface area contributed by atoms with E-state index in [-0.39, 0.29) is 12.2 Å². The fraction of sp³-hybridized carbons (Fsp3) is 0.824. The van der Waals surface area contributed by atoms with Crippen LogP contribution in [0, 0.1) is 11.8 Å². The minimum Gasteiger partial charge on any atom is -0.471 e. The van der Waals surface area contributed by atoms with Crippen LogP contribution in [-0.2, 0) is 28.5 Å². The highest BCUT2D eigenvalue weighted by molar-refractivity contribution is 5.88. The summed E-state index contributed by atoms with van der Waals surface area (Å²) in [5, 5.41) is 50.0. The molecule has 0 aliphatic carbocycles. The Morgan fingerprint density at radius 3 is 2.61 bits per heavy atom. The highest BCUT2D eigenvalue weighted by Crippen LogP contribution is 2.45. The predicted octanol–water partition coefficient (Wildman–Crippen LogP) is -2.42. The zero-order valence-corrected chi connectivity index (χ0v) is 15.5. The van der Waals surface area contributed by atoms with Gasteiger partial charge in [-0.05, 0) is 13.3 Å². The highest BCUT2D eigenvalue weighted by Gasteiger charge is 2.55. The number of aliphatic hydroxyl groups is 5. The number of carbonyl (C=O) groups excluding carboxylic acids is 1. The lowest BCUT2D eigenvalue weighted by Gasteiger charge is -2.49. The van der Waals surface area contributed by atoms with Gasteiger partial charge in [-0.25, -0.2) is 4.79 Å². The van der Waals surface area contributed by atoms with E-state index < -0.39 is 67.2 Å². The Morgan fingerprint density at radius 2 is 1.96 bits per heavy atom. The second kappa shape index (κ2) is 8.20. The predicted molar refractivity (Wildman–Crippen MR) is 88.0 cm³/mol. The molecule has 160 valence electrons. The van der Waals surface area contributed by atoms with E-state index in [4.69, 9.17) is 23.7 Å². The molecule has 3 rings (SSSR count). The summed E-state index contributed by atoms with van der Waals surface area (Å²) in [6.07, 6.45) is -7.08. The molecule has 3 aliphatic rings. The van der Waals surface area contributed by atoms with Crippen LogP contribution >= 0.6 is 0 Å². The lowest BCUT2D eigenvalue weighted by molar-refractivity contribution is -0.370. The first kappa shape index (κ1) is 21.4. The Hall–Kier alpha value is -1.31. The molecule has 0 aromatic heterocycles. The van der Waals surface area contributed by atoms with Crippen LogP contribution in [0.15, 0.2) is 11.8 Å². The van der Waals surface area contributed by atoms with E-state index in [2.05, 4.69) is 0 Å². The van der Waals surface area contributed by atoms with Crippen LogP contribution in [0.5, 0.6) is 0 Å². The second-order valence-corrected chi connectivity index (χ2v) is 7.23. The average molecular weight is 406 g/mol. The molecule has 0 amide bonds. The lowest BCUT2D eigenvalue weighted by atomic mass is 9.75. The van der Waals surface area contributed by atoms with Crippen molar-refractivity contribution in [1.29, 1.82) is 0 Å². The van der Waals surface area contributed by atoms with Crippen LogP contribution < -0.4 is 0 Å². The molecule has 0 spiro atoms. The molecular formula is C17H26O11. The highest BCUT2D eigenvalue weighted by atomic mass is 16.8. The normalized spacial score (nSPS) is 46.2. The molecule has 11 nitrogen and oxygen atoms in total. The third-order valence-corrected chi connectivity index (χ3v) is 5.43. The monoisotopic (exact) mass is 406 g/mol. The summed E-state index contributed by atoms with van der Waals surface area (Å²) in [4.78, 5) is 12.1. The van der Waals surface area contributed by atoms with Gasteiger partial charge in [-0.2, -0.15) is 0 Å². The molecule has 5 N–H and O–H groups in total. The summed E-state index contributed by atoms with van der Waals surface area (Å²) < 4.78 is 26.6. The van der Waals surface area contributed by atoms with Crippen molar-refractivity contribution in [2.75, 3.05) is 20.3 Å².